The third-order valence-electron chi connectivity index (χ3n) is 3.00. The van der Waals surface area contributed by atoms with Crippen LogP contribution in [0.4, 0.5) is 0 Å². The highest BCUT2D eigenvalue weighted by Gasteiger charge is 2.14. The lowest BCUT2D eigenvalue weighted by Gasteiger charge is -2.07. The van der Waals surface area contributed by atoms with Crippen molar-refractivity contribution in [3.8, 4) is 0 Å². The van der Waals surface area contributed by atoms with Crippen LogP contribution in [-0.2, 0) is 0 Å². The van der Waals surface area contributed by atoms with Crippen molar-refractivity contribution in [2.75, 3.05) is 0 Å². The Labute approximate surface area is 105 Å². The van der Waals surface area contributed by atoms with Crippen LogP contribution in [0.15, 0.2) is 52.9 Å². The highest BCUT2D eigenvalue weighted by atomic mass is 16.3. The first-order valence-corrected chi connectivity index (χ1v) is 5.91. The van der Waals surface area contributed by atoms with E-state index in [1.807, 2.05) is 55.5 Å². The molecule has 0 fully saturated rings. The van der Waals surface area contributed by atoms with Gasteiger partial charge in [0, 0.05) is 11.8 Å². The number of hydrogen-bond donors (Lipinski definition) is 1. The molecule has 0 saturated heterocycles. The van der Waals surface area contributed by atoms with Gasteiger partial charge in [-0.2, -0.15) is 0 Å². The minimum atomic E-state index is -0.249. The van der Waals surface area contributed by atoms with Gasteiger partial charge in [-0.3, -0.25) is 0 Å². The molecule has 3 rings (SSSR count). The van der Waals surface area contributed by atoms with E-state index in [0.29, 0.717) is 0 Å². The summed E-state index contributed by atoms with van der Waals surface area (Å²) >= 11 is 0. The second-order valence-electron chi connectivity index (χ2n) is 4.37. The Kier molecular flexibility index (Phi) is 2.61. The average Bonchev–Trinajstić information content (AvgIpc) is 2.81. The summed E-state index contributed by atoms with van der Waals surface area (Å²) in [4.78, 5) is 4.42. The first-order valence-electron chi connectivity index (χ1n) is 5.91. The van der Waals surface area contributed by atoms with Crippen LogP contribution in [0.3, 0.4) is 0 Å². The summed E-state index contributed by atoms with van der Waals surface area (Å²) in [6.45, 7) is 1.96. The maximum atomic E-state index is 6.20. The Morgan fingerprint density at radius 3 is 2.67 bits per heavy atom. The van der Waals surface area contributed by atoms with Gasteiger partial charge in [0.2, 0.25) is 0 Å². The molecule has 0 aliphatic rings. The van der Waals surface area contributed by atoms with E-state index in [1.165, 1.54) is 0 Å². The molecule has 2 aromatic heterocycles. The van der Waals surface area contributed by atoms with Gasteiger partial charge in [-0.05, 0) is 24.6 Å². The van der Waals surface area contributed by atoms with Crippen molar-refractivity contribution in [3.63, 3.8) is 0 Å². The zero-order valence-corrected chi connectivity index (χ0v) is 10.1. The fraction of sp³-hybridized carbons (Fsp3) is 0.133. The Hall–Kier alpha value is -2.13. The molecule has 2 heterocycles. The van der Waals surface area contributed by atoms with Crippen LogP contribution in [0.25, 0.3) is 11.1 Å². The van der Waals surface area contributed by atoms with Gasteiger partial charge in [0.15, 0.2) is 5.58 Å². The van der Waals surface area contributed by atoms with Crippen molar-refractivity contribution >= 4 is 11.1 Å². The van der Waals surface area contributed by atoms with E-state index >= 15 is 0 Å². The summed E-state index contributed by atoms with van der Waals surface area (Å²) in [5, 5.41) is 0. The van der Waals surface area contributed by atoms with Gasteiger partial charge in [0.25, 0.3) is 0 Å². The highest BCUT2D eigenvalue weighted by molar-refractivity contribution is 5.73. The van der Waals surface area contributed by atoms with E-state index < -0.39 is 0 Å². The number of benzene rings is 1. The Bertz CT molecular complexity index is 673. The Morgan fingerprint density at radius 1 is 1.11 bits per heavy atom. The van der Waals surface area contributed by atoms with Gasteiger partial charge in [0.1, 0.15) is 11.3 Å². The molecule has 0 bridgehead atoms. The molecule has 0 aliphatic heterocycles. The maximum absolute atomic E-state index is 6.20. The number of pyridine rings is 1. The first-order chi connectivity index (χ1) is 8.74. The summed E-state index contributed by atoms with van der Waals surface area (Å²) in [6, 6.07) is 15.4. The van der Waals surface area contributed by atoms with Crippen LogP contribution < -0.4 is 5.73 Å². The molecule has 3 aromatic rings. The molecule has 0 spiro atoms. The molecule has 18 heavy (non-hydrogen) atoms. The van der Waals surface area contributed by atoms with E-state index in [9.17, 15) is 0 Å². The van der Waals surface area contributed by atoms with Crippen LogP contribution >= 0.6 is 0 Å². The van der Waals surface area contributed by atoms with E-state index in [-0.39, 0.29) is 6.04 Å². The number of fused-ring (bicyclic) bond motifs is 1. The molecule has 2 N–H and O–H groups in total. The minimum Gasteiger partial charge on any atom is -0.457 e. The summed E-state index contributed by atoms with van der Waals surface area (Å²) in [5.41, 5.74) is 9.84. The third-order valence-corrected chi connectivity index (χ3v) is 3.00. The minimum absolute atomic E-state index is 0.249. The quantitative estimate of drug-likeness (QED) is 0.746. The van der Waals surface area contributed by atoms with Crippen molar-refractivity contribution < 1.29 is 4.42 Å². The van der Waals surface area contributed by atoms with Gasteiger partial charge >= 0.3 is 0 Å². The number of aromatic nitrogens is 1. The zero-order chi connectivity index (χ0) is 12.5. The van der Waals surface area contributed by atoms with Gasteiger partial charge in [-0.1, -0.05) is 30.3 Å². The molecule has 1 unspecified atom stereocenters. The topological polar surface area (TPSA) is 52.0 Å². The number of aryl methyl sites for hydroxylation is 1. The van der Waals surface area contributed by atoms with Gasteiger partial charge in [0.05, 0.1) is 6.04 Å². The second-order valence-corrected chi connectivity index (χ2v) is 4.37. The van der Waals surface area contributed by atoms with E-state index in [1.54, 1.807) is 0 Å². The predicted molar refractivity (Wildman–Crippen MR) is 71.2 cm³/mol. The average molecular weight is 238 g/mol. The van der Waals surface area contributed by atoms with Crippen LogP contribution in [0.5, 0.6) is 0 Å². The molecule has 1 aromatic carbocycles. The molecule has 0 saturated carbocycles. The van der Waals surface area contributed by atoms with E-state index in [4.69, 9.17) is 10.2 Å². The van der Waals surface area contributed by atoms with Crippen molar-refractivity contribution in [3.05, 3.63) is 65.5 Å². The van der Waals surface area contributed by atoms with Gasteiger partial charge < -0.3 is 10.2 Å². The lowest BCUT2D eigenvalue weighted by Crippen LogP contribution is -2.10. The standard InChI is InChI=1S/C15H14N2O/c1-10-7-8-13-12(17-10)9-14(18-13)15(16)11-5-3-2-4-6-11/h2-9,15H,16H2,1H3. The third kappa shape index (κ3) is 1.89. The number of furan rings is 1. The number of nitrogens with zero attached hydrogens (tertiary/aromatic N) is 1. The largest absolute Gasteiger partial charge is 0.457 e. The number of nitrogens with two attached hydrogens (primary N) is 1. The SMILES string of the molecule is Cc1ccc2oc(C(N)c3ccccc3)cc2n1. The summed E-state index contributed by atoms with van der Waals surface area (Å²) in [7, 11) is 0. The summed E-state index contributed by atoms with van der Waals surface area (Å²) < 4.78 is 5.75. The lowest BCUT2D eigenvalue weighted by atomic mass is 10.1. The summed E-state index contributed by atoms with van der Waals surface area (Å²) in [5.74, 6) is 0.745. The van der Waals surface area contributed by atoms with E-state index in [0.717, 1.165) is 28.1 Å². The van der Waals surface area contributed by atoms with Crippen molar-refractivity contribution in [2.24, 2.45) is 5.73 Å². The van der Waals surface area contributed by atoms with Crippen molar-refractivity contribution in [1.29, 1.82) is 0 Å². The molecule has 3 heteroatoms. The first kappa shape index (κ1) is 11.0. The molecule has 90 valence electrons. The fourth-order valence-corrected chi connectivity index (χ4v) is 2.02. The van der Waals surface area contributed by atoms with Gasteiger partial charge in [-0.15, -0.1) is 0 Å². The summed E-state index contributed by atoms with van der Waals surface area (Å²) in [6.07, 6.45) is 0. The van der Waals surface area contributed by atoms with Gasteiger partial charge in [-0.25, -0.2) is 4.98 Å². The van der Waals surface area contributed by atoms with Crippen LogP contribution in [-0.4, -0.2) is 4.98 Å². The molecule has 0 radical (unpaired) electrons. The molecule has 0 aliphatic carbocycles. The fourth-order valence-electron chi connectivity index (χ4n) is 2.02. The molecule has 3 nitrogen and oxygen atoms in total. The smallest absolute Gasteiger partial charge is 0.152 e. The second kappa shape index (κ2) is 4.27. The Morgan fingerprint density at radius 2 is 1.89 bits per heavy atom. The van der Waals surface area contributed by atoms with Crippen molar-refractivity contribution in [1.82, 2.24) is 4.98 Å². The van der Waals surface area contributed by atoms with E-state index in [2.05, 4.69) is 4.98 Å². The van der Waals surface area contributed by atoms with Crippen LogP contribution in [0, 0.1) is 6.92 Å². The lowest BCUT2D eigenvalue weighted by molar-refractivity contribution is 0.525. The van der Waals surface area contributed by atoms with Crippen LogP contribution in [0.1, 0.15) is 23.1 Å². The number of hydrogen-bond acceptors (Lipinski definition) is 3. The maximum Gasteiger partial charge on any atom is 0.152 e. The van der Waals surface area contributed by atoms with Crippen LogP contribution in [0.2, 0.25) is 0 Å². The zero-order valence-electron chi connectivity index (χ0n) is 10.1. The molecule has 0 amide bonds. The highest BCUT2D eigenvalue weighted by Crippen LogP contribution is 2.25. The predicted octanol–water partition coefficient (Wildman–Crippen LogP) is 3.18. The van der Waals surface area contributed by atoms with Crippen molar-refractivity contribution in [2.45, 2.75) is 13.0 Å². The molecule has 1 atom stereocenters. The molecular formula is C15H14N2O. The normalized spacial score (nSPS) is 12.8. The Balaban J connectivity index is 2.04. The monoisotopic (exact) mass is 238 g/mol. The number of rotatable bonds is 2. The molecular weight excluding hydrogens is 224 g/mol.